The van der Waals surface area contributed by atoms with Gasteiger partial charge in [0.15, 0.2) is 11.6 Å². The molecule has 0 fully saturated rings. The topological polar surface area (TPSA) is 15.8 Å². The standard InChI is InChI=1S/C13H13F2N/c1-2-11-6-10(8-16-11)5-9-3-4-12(14)13(15)7-9/h3-4,6-8,16H,2,5H2,1H3. The molecule has 3 heteroatoms. The van der Waals surface area contributed by atoms with Gasteiger partial charge in [-0.25, -0.2) is 8.78 Å². The number of rotatable bonds is 3. The third-order valence-electron chi connectivity index (χ3n) is 2.58. The van der Waals surface area contributed by atoms with Gasteiger partial charge in [0.1, 0.15) is 0 Å². The molecule has 1 heterocycles. The third-order valence-corrected chi connectivity index (χ3v) is 2.58. The van der Waals surface area contributed by atoms with Gasteiger partial charge < -0.3 is 4.98 Å². The highest BCUT2D eigenvalue weighted by molar-refractivity contribution is 5.27. The van der Waals surface area contributed by atoms with Crippen LogP contribution in [0.1, 0.15) is 23.7 Å². The summed E-state index contributed by atoms with van der Waals surface area (Å²) in [7, 11) is 0. The first-order chi connectivity index (χ1) is 7.69. The van der Waals surface area contributed by atoms with Crippen LogP contribution in [0.15, 0.2) is 30.5 Å². The molecule has 0 aliphatic carbocycles. The van der Waals surface area contributed by atoms with Crippen molar-refractivity contribution in [2.45, 2.75) is 19.8 Å². The van der Waals surface area contributed by atoms with Gasteiger partial charge in [-0.3, -0.25) is 0 Å². The van der Waals surface area contributed by atoms with Gasteiger partial charge in [-0.05, 0) is 42.2 Å². The largest absolute Gasteiger partial charge is 0.365 e. The van der Waals surface area contributed by atoms with Crippen LogP contribution in [-0.4, -0.2) is 4.98 Å². The molecule has 1 aromatic heterocycles. The molecule has 0 spiro atoms. The number of H-pyrrole nitrogens is 1. The van der Waals surface area contributed by atoms with E-state index in [2.05, 4.69) is 11.9 Å². The lowest BCUT2D eigenvalue weighted by Gasteiger charge is -1.99. The number of aryl methyl sites for hydroxylation is 1. The van der Waals surface area contributed by atoms with E-state index < -0.39 is 11.6 Å². The molecule has 16 heavy (non-hydrogen) atoms. The van der Waals surface area contributed by atoms with Gasteiger partial charge in [0.05, 0.1) is 0 Å². The second kappa shape index (κ2) is 4.47. The van der Waals surface area contributed by atoms with E-state index in [1.54, 1.807) is 6.07 Å². The Morgan fingerprint density at radius 2 is 1.88 bits per heavy atom. The van der Waals surface area contributed by atoms with Crippen molar-refractivity contribution < 1.29 is 8.78 Å². The molecule has 0 bridgehead atoms. The lowest BCUT2D eigenvalue weighted by molar-refractivity contribution is 0.507. The zero-order chi connectivity index (χ0) is 11.5. The first kappa shape index (κ1) is 10.9. The van der Waals surface area contributed by atoms with Crippen molar-refractivity contribution in [3.8, 4) is 0 Å². The van der Waals surface area contributed by atoms with Crippen LogP contribution < -0.4 is 0 Å². The first-order valence-corrected chi connectivity index (χ1v) is 5.29. The lowest BCUT2D eigenvalue weighted by atomic mass is 10.1. The van der Waals surface area contributed by atoms with Gasteiger partial charge in [0.25, 0.3) is 0 Å². The van der Waals surface area contributed by atoms with Gasteiger partial charge in [-0.1, -0.05) is 13.0 Å². The number of aromatic amines is 1. The summed E-state index contributed by atoms with van der Waals surface area (Å²) in [5.74, 6) is -1.59. The Kier molecular flexibility index (Phi) is 3.04. The lowest BCUT2D eigenvalue weighted by Crippen LogP contribution is -1.90. The predicted octanol–water partition coefficient (Wildman–Crippen LogP) is 3.45. The summed E-state index contributed by atoms with van der Waals surface area (Å²) in [6.07, 6.45) is 3.46. The van der Waals surface area contributed by atoms with Crippen LogP contribution in [0.5, 0.6) is 0 Å². The summed E-state index contributed by atoms with van der Waals surface area (Å²) < 4.78 is 25.7. The Morgan fingerprint density at radius 1 is 1.06 bits per heavy atom. The fraction of sp³-hybridized carbons (Fsp3) is 0.231. The molecule has 0 unspecified atom stereocenters. The van der Waals surface area contributed by atoms with Crippen LogP contribution in [0.2, 0.25) is 0 Å². The van der Waals surface area contributed by atoms with Crippen LogP contribution in [0.4, 0.5) is 8.78 Å². The number of hydrogen-bond donors (Lipinski definition) is 1. The van der Waals surface area contributed by atoms with Crippen molar-refractivity contribution in [3.63, 3.8) is 0 Å². The Hall–Kier alpha value is -1.64. The summed E-state index contributed by atoms with van der Waals surface area (Å²) in [6.45, 7) is 2.06. The molecule has 0 aliphatic rings. The van der Waals surface area contributed by atoms with Gasteiger partial charge in [-0.2, -0.15) is 0 Å². The fourth-order valence-electron chi connectivity index (χ4n) is 1.68. The maximum absolute atomic E-state index is 13.0. The summed E-state index contributed by atoms with van der Waals surface area (Å²) >= 11 is 0. The Bertz CT molecular complexity index is 488. The molecule has 0 amide bonds. The molecule has 1 N–H and O–H groups in total. The fourth-order valence-corrected chi connectivity index (χ4v) is 1.68. The minimum atomic E-state index is -0.799. The van der Waals surface area contributed by atoms with Gasteiger partial charge in [0.2, 0.25) is 0 Å². The number of aromatic nitrogens is 1. The number of hydrogen-bond acceptors (Lipinski definition) is 0. The van der Waals surface area contributed by atoms with Gasteiger partial charge >= 0.3 is 0 Å². The maximum Gasteiger partial charge on any atom is 0.159 e. The second-order valence-corrected chi connectivity index (χ2v) is 3.81. The van der Waals surface area contributed by atoms with Crippen molar-refractivity contribution in [3.05, 3.63) is 58.9 Å². The minimum absolute atomic E-state index is 0.619. The van der Waals surface area contributed by atoms with Crippen molar-refractivity contribution in [2.24, 2.45) is 0 Å². The highest BCUT2D eigenvalue weighted by Crippen LogP contribution is 2.14. The first-order valence-electron chi connectivity index (χ1n) is 5.29. The van der Waals surface area contributed by atoms with Crippen LogP contribution >= 0.6 is 0 Å². The van der Waals surface area contributed by atoms with Crippen molar-refractivity contribution in [2.75, 3.05) is 0 Å². The third kappa shape index (κ3) is 2.30. The summed E-state index contributed by atoms with van der Waals surface area (Å²) in [4.78, 5) is 3.13. The van der Waals surface area contributed by atoms with E-state index in [1.807, 2.05) is 12.3 Å². The monoisotopic (exact) mass is 221 g/mol. The average Bonchev–Trinajstić information content (AvgIpc) is 2.71. The quantitative estimate of drug-likeness (QED) is 0.817. The number of halogens is 2. The molecule has 2 rings (SSSR count). The molecular weight excluding hydrogens is 208 g/mol. The smallest absolute Gasteiger partial charge is 0.159 e. The normalized spacial score (nSPS) is 10.7. The molecular formula is C13H13F2N. The molecule has 0 saturated carbocycles. The van der Waals surface area contributed by atoms with Crippen LogP contribution in [-0.2, 0) is 12.8 Å². The van der Waals surface area contributed by atoms with E-state index in [-0.39, 0.29) is 0 Å². The zero-order valence-corrected chi connectivity index (χ0v) is 9.06. The van der Waals surface area contributed by atoms with Gasteiger partial charge in [0, 0.05) is 11.9 Å². The Balaban J connectivity index is 2.17. The van der Waals surface area contributed by atoms with Crippen molar-refractivity contribution in [1.29, 1.82) is 0 Å². The zero-order valence-electron chi connectivity index (χ0n) is 9.06. The predicted molar refractivity (Wildman–Crippen MR) is 59.3 cm³/mol. The van der Waals surface area contributed by atoms with E-state index in [4.69, 9.17) is 0 Å². The molecule has 0 atom stereocenters. The maximum atomic E-state index is 13.0. The number of benzene rings is 1. The molecule has 0 saturated heterocycles. The highest BCUT2D eigenvalue weighted by Gasteiger charge is 2.04. The van der Waals surface area contributed by atoms with E-state index in [1.165, 1.54) is 6.07 Å². The van der Waals surface area contributed by atoms with E-state index in [9.17, 15) is 8.78 Å². The molecule has 0 radical (unpaired) electrons. The van der Waals surface area contributed by atoms with Crippen LogP contribution in [0.25, 0.3) is 0 Å². The average molecular weight is 221 g/mol. The summed E-state index contributed by atoms with van der Waals surface area (Å²) in [5.41, 5.74) is 3.01. The molecule has 1 aromatic carbocycles. The molecule has 1 nitrogen and oxygen atoms in total. The SMILES string of the molecule is CCc1cc(Cc2ccc(F)c(F)c2)c[nH]1. The number of nitrogens with one attached hydrogen (secondary N) is 1. The van der Waals surface area contributed by atoms with Crippen LogP contribution in [0.3, 0.4) is 0 Å². The second-order valence-electron chi connectivity index (χ2n) is 3.81. The minimum Gasteiger partial charge on any atom is -0.365 e. The van der Waals surface area contributed by atoms with E-state index in [0.29, 0.717) is 6.42 Å². The van der Waals surface area contributed by atoms with Gasteiger partial charge in [-0.15, -0.1) is 0 Å². The highest BCUT2D eigenvalue weighted by atomic mass is 19.2. The van der Waals surface area contributed by atoms with E-state index in [0.717, 1.165) is 29.3 Å². The van der Waals surface area contributed by atoms with Crippen molar-refractivity contribution >= 4 is 0 Å². The summed E-state index contributed by atoms with van der Waals surface area (Å²) in [5, 5.41) is 0. The van der Waals surface area contributed by atoms with E-state index >= 15 is 0 Å². The molecule has 0 aliphatic heterocycles. The Labute approximate surface area is 93.1 Å². The molecule has 2 aromatic rings. The van der Waals surface area contributed by atoms with Crippen molar-refractivity contribution in [1.82, 2.24) is 4.98 Å². The van der Waals surface area contributed by atoms with Crippen LogP contribution in [0, 0.1) is 11.6 Å². The Morgan fingerprint density at radius 3 is 2.50 bits per heavy atom. The molecule has 84 valence electrons. The summed E-state index contributed by atoms with van der Waals surface area (Å²) in [6, 6.07) is 6.06.